The van der Waals surface area contributed by atoms with Gasteiger partial charge in [-0.15, -0.1) is 0 Å². The van der Waals surface area contributed by atoms with Crippen molar-refractivity contribution in [2.75, 3.05) is 13.1 Å². The standard InChI is InChI=1S/C27H36N2O2/c1-4-25(23-8-6-5-7-9-23)27(31)29-18-16-24(17-19-29)28-26(30)15-12-21-10-13-22(14-11-21)20(2)3/h5-11,13-14,20,24-25H,4,12,15-19H2,1-3H3,(H,28,30). The third-order valence-electron chi connectivity index (χ3n) is 6.37. The van der Waals surface area contributed by atoms with Crippen molar-refractivity contribution >= 4 is 11.8 Å². The highest BCUT2D eigenvalue weighted by Gasteiger charge is 2.28. The fourth-order valence-electron chi connectivity index (χ4n) is 4.33. The largest absolute Gasteiger partial charge is 0.353 e. The summed E-state index contributed by atoms with van der Waals surface area (Å²) in [4.78, 5) is 27.4. The van der Waals surface area contributed by atoms with Crippen LogP contribution in [-0.4, -0.2) is 35.8 Å². The van der Waals surface area contributed by atoms with Gasteiger partial charge in [-0.2, -0.15) is 0 Å². The molecule has 0 saturated carbocycles. The minimum Gasteiger partial charge on any atom is -0.353 e. The molecule has 0 aromatic heterocycles. The number of carbonyl (C=O) groups is 2. The van der Waals surface area contributed by atoms with Crippen LogP contribution in [0.1, 0.15) is 75.0 Å². The van der Waals surface area contributed by atoms with Crippen LogP contribution in [0.15, 0.2) is 54.6 Å². The molecule has 1 aliphatic rings. The molecule has 3 rings (SSSR count). The predicted molar refractivity (Wildman–Crippen MR) is 126 cm³/mol. The minimum absolute atomic E-state index is 0.0746. The zero-order valence-corrected chi connectivity index (χ0v) is 19.1. The quantitative estimate of drug-likeness (QED) is 0.650. The lowest BCUT2D eigenvalue weighted by atomic mass is 9.93. The van der Waals surface area contributed by atoms with E-state index < -0.39 is 0 Å². The number of rotatable bonds is 8. The molecule has 0 aliphatic carbocycles. The van der Waals surface area contributed by atoms with Crippen molar-refractivity contribution in [1.29, 1.82) is 0 Å². The fourth-order valence-corrected chi connectivity index (χ4v) is 4.33. The Hall–Kier alpha value is -2.62. The average Bonchev–Trinajstić information content (AvgIpc) is 2.79. The number of carbonyl (C=O) groups excluding carboxylic acids is 2. The Balaban J connectivity index is 1.43. The molecule has 1 N–H and O–H groups in total. The van der Waals surface area contributed by atoms with Gasteiger partial charge >= 0.3 is 0 Å². The van der Waals surface area contributed by atoms with Crippen LogP contribution in [-0.2, 0) is 16.0 Å². The van der Waals surface area contributed by atoms with E-state index in [-0.39, 0.29) is 23.8 Å². The van der Waals surface area contributed by atoms with E-state index >= 15 is 0 Å². The number of piperidine rings is 1. The summed E-state index contributed by atoms with van der Waals surface area (Å²) in [6, 6.07) is 18.8. The lowest BCUT2D eigenvalue weighted by molar-refractivity contribution is -0.134. The van der Waals surface area contributed by atoms with Crippen LogP contribution in [0, 0.1) is 0 Å². The van der Waals surface area contributed by atoms with Gasteiger partial charge in [-0.1, -0.05) is 75.4 Å². The number of amides is 2. The Kier molecular flexibility index (Phi) is 8.27. The molecule has 0 spiro atoms. The van der Waals surface area contributed by atoms with Crippen molar-refractivity contribution in [1.82, 2.24) is 10.2 Å². The summed E-state index contributed by atoms with van der Waals surface area (Å²) in [6.45, 7) is 7.86. The van der Waals surface area contributed by atoms with E-state index in [0.29, 0.717) is 25.4 Å². The first kappa shape index (κ1) is 23.1. The van der Waals surface area contributed by atoms with Crippen molar-refractivity contribution in [3.63, 3.8) is 0 Å². The lowest BCUT2D eigenvalue weighted by Gasteiger charge is -2.34. The zero-order chi connectivity index (χ0) is 22.2. The average molecular weight is 421 g/mol. The van der Waals surface area contributed by atoms with Gasteiger partial charge in [0.15, 0.2) is 0 Å². The van der Waals surface area contributed by atoms with Gasteiger partial charge in [-0.3, -0.25) is 9.59 Å². The van der Waals surface area contributed by atoms with Crippen molar-refractivity contribution in [3.05, 3.63) is 71.3 Å². The second kappa shape index (κ2) is 11.1. The van der Waals surface area contributed by atoms with Crippen LogP contribution in [0.4, 0.5) is 0 Å². The van der Waals surface area contributed by atoms with Gasteiger partial charge in [0.2, 0.25) is 11.8 Å². The van der Waals surface area contributed by atoms with Gasteiger partial charge in [0, 0.05) is 25.6 Å². The number of nitrogens with one attached hydrogen (secondary N) is 1. The van der Waals surface area contributed by atoms with Crippen molar-refractivity contribution < 1.29 is 9.59 Å². The smallest absolute Gasteiger partial charge is 0.230 e. The van der Waals surface area contributed by atoms with Crippen LogP contribution in [0.25, 0.3) is 0 Å². The maximum Gasteiger partial charge on any atom is 0.230 e. The summed E-state index contributed by atoms with van der Waals surface area (Å²) < 4.78 is 0. The molecule has 1 fully saturated rings. The van der Waals surface area contributed by atoms with Gasteiger partial charge in [0.25, 0.3) is 0 Å². The van der Waals surface area contributed by atoms with Crippen molar-refractivity contribution in [3.8, 4) is 0 Å². The number of hydrogen-bond acceptors (Lipinski definition) is 2. The molecule has 2 aromatic rings. The number of hydrogen-bond donors (Lipinski definition) is 1. The molecule has 2 amide bonds. The molecule has 1 aliphatic heterocycles. The molecule has 1 heterocycles. The van der Waals surface area contributed by atoms with Crippen LogP contribution in [0.5, 0.6) is 0 Å². The van der Waals surface area contributed by atoms with Gasteiger partial charge < -0.3 is 10.2 Å². The highest BCUT2D eigenvalue weighted by Crippen LogP contribution is 2.24. The predicted octanol–water partition coefficient (Wildman–Crippen LogP) is 5.04. The Morgan fingerprint density at radius 3 is 2.19 bits per heavy atom. The monoisotopic (exact) mass is 420 g/mol. The molecular weight excluding hydrogens is 384 g/mol. The topological polar surface area (TPSA) is 49.4 Å². The molecule has 4 heteroatoms. The van der Waals surface area contributed by atoms with Crippen molar-refractivity contribution in [2.45, 2.75) is 70.8 Å². The third kappa shape index (κ3) is 6.43. The van der Waals surface area contributed by atoms with E-state index in [1.54, 1.807) is 0 Å². The second-order valence-electron chi connectivity index (χ2n) is 8.93. The minimum atomic E-state index is -0.0746. The van der Waals surface area contributed by atoms with Gasteiger partial charge in [-0.05, 0) is 48.3 Å². The van der Waals surface area contributed by atoms with E-state index in [1.807, 2.05) is 35.2 Å². The number of aryl methyl sites for hydroxylation is 1. The maximum atomic E-state index is 13.0. The molecule has 1 atom stereocenters. The second-order valence-corrected chi connectivity index (χ2v) is 8.93. The summed E-state index contributed by atoms with van der Waals surface area (Å²) in [5, 5.41) is 3.18. The Morgan fingerprint density at radius 2 is 1.61 bits per heavy atom. The highest BCUT2D eigenvalue weighted by atomic mass is 16.2. The Bertz CT molecular complexity index is 837. The Morgan fingerprint density at radius 1 is 0.968 bits per heavy atom. The van der Waals surface area contributed by atoms with E-state index in [0.717, 1.165) is 31.2 Å². The molecule has 31 heavy (non-hydrogen) atoms. The number of likely N-dealkylation sites (tertiary alicyclic amines) is 1. The number of nitrogens with zero attached hydrogens (tertiary/aromatic N) is 1. The van der Waals surface area contributed by atoms with Gasteiger partial charge in [0.1, 0.15) is 0 Å². The molecule has 1 unspecified atom stereocenters. The van der Waals surface area contributed by atoms with Crippen LogP contribution < -0.4 is 5.32 Å². The fraction of sp³-hybridized carbons (Fsp3) is 0.481. The van der Waals surface area contributed by atoms with Gasteiger partial charge in [0.05, 0.1) is 5.92 Å². The SMILES string of the molecule is CCC(C(=O)N1CCC(NC(=O)CCc2ccc(C(C)C)cc2)CC1)c1ccccc1. The summed E-state index contributed by atoms with van der Waals surface area (Å²) in [5.41, 5.74) is 3.62. The van der Waals surface area contributed by atoms with E-state index in [1.165, 1.54) is 11.1 Å². The molecular formula is C27H36N2O2. The van der Waals surface area contributed by atoms with Gasteiger partial charge in [-0.25, -0.2) is 0 Å². The van der Waals surface area contributed by atoms with E-state index in [4.69, 9.17) is 0 Å². The first-order valence-electron chi connectivity index (χ1n) is 11.7. The van der Waals surface area contributed by atoms with Crippen molar-refractivity contribution in [2.24, 2.45) is 0 Å². The summed E-state index contributed by atoms with van der Waals surface area (Å²) in [5.74, 6) is 0.765. The summed E-state index contributed by atoms with van der Waals surface area (Å²) in [7, 11) is 0. The molecule has 0 bridgehead atoms. The lowest BCUT2D eigenvalue weighted by Crippen LogP contribution is -2.47. The third-order valence-corrected chi connectivity index (χ3v) is 6.37. The molecule has 0 radical (unpaired) electrons. The molecule has 2 aromatic carbocycles. The van der Waals surface area contributed by atoms with E-state index in [9.17, 15) is 9.59 Å². The Labute approximate surface area is 187 Å². The first-order chi connectivity index (χ1) is 15.0. The van der Waals surface area contributed by atoms with Crippen LogP contribution in [0.3, 0.4) is 0 Å². The van der Waals surface area contributed by atoms with Crippen LogP contribution in [0.2, 0.25) is 0 Å². The molecule has 1 saturated heterocycles. The van der Waals surface area contributed by atoms with E-state index in [2.05, 4.69) is 50.4 Å². The highest BCUT2D eigenvalue weighted by molar-refractivity contribution is 5.84. The molecule has 4 nitrogen and oxygen atoms in total. The first-order valence-corrected chi connectivity index (χ1v) is 11.7. The normalized spacial score (nSPS) is 15.7. The summed E-state index contributed by atoms with van der Waals surface area (Å²) in [6.07, 6.45) is 3.72. The maximum absolute atomic E-state index is 13.0. The van der Waals surface area contributed by atoms with Crippen LogP contribution >= 0.6 is 0 Å². The molecule has 166 valence electrons. The zero-order valence-electron chi connectivity index (χ0n) is 19.1. The number of benzene rings is 2. The summed E-state index contributed by atoms with van der Waals surface area (Å²) >= 11 is 0.